The molecule has 0 radical (unpaired) electrons. The predicted octanol–water partition coefficient (Wildman–Crippen LogP) is 4.00. The fourth-order valence-corrected chi connectivity index (χ4v) is 2.31. The molecule has 1 N–H and O–H groups in total. The predicted molar refractivity (Wildman–Crippen MR) is 84.0 cm³/mol. The van der Waals surface area contributed by atoms with Gasteiger partial charge in [0.15, 0.2) is 6.23 Å². The van der Waals surface area contributed by atoms with Crippen LogP contribution in [0.1, 0.15) is 29.8 Å². The Kier molecular flexibility index (Phi) is 5.37. The van der Waals surface area contributed by atoms with Crippen LogP contribution in [-0.4, -0.2) is 5.97 Å². The number of rotatable bonds is 5. The van der Waals surface area contributed by atoms with Crippen molar-refractivity contribution in [3.8, 4) is 0 Å². The molecule has 2 rings (SSSR count). The molecule has 0 amide bonds. The van der Waals surface area contributed by atoms with Crippen LogP contribution in [0, 0.1) is 6.92 Å². The van der Waals surface area contributed by atoms with E-state index in [1.165, 1.54) is 6.92 Å². The second kappa shape index (κ2) is 7.25. The molecule has 4 heteroatoms. The quantitative estimate of drug-likeness (QED) is 0.670. The summed E-state index contributed by atoms with van der Waals surface area (Å²) < 4.78 is 5.35. The number of ether oxygens (including phenoxy) is 1. The average molecular weight is 304 g/mol. The van der Waals surface area contributed by atoms with Gasteiger partial charge in [-0.25, -0.2) is 0 Å². The lowest BCUT2D eigenvalue weighted by Gasteiger charge is -2.19. The van der Waals surface area contributed by atoms with Crippen LogP contribution in [0.25, 0.3) is 0 Å². The number of esters is 1. The van der Waals surface area contributed by atoms with Crippen LogP contribution in [0.5, 0.6) is 0 Å². The summed E-state index contributed by atoms with van der Waals surface area (Å²) in [5.41, 5.74) is 3.14. The minimum Gasteiger partial charge on any atom is -0.442 e. The summed E-state index contributed by atoms with van der Waals surface area (Å²) in [5, 5.41) is 3.98. The Labute approximate surface area is 129 Å². The van der Waals surface area contributed by atoms with Crippen molar-refractivity contribution in [1.29, 1.82) is 0 Å². The summed E-state index contributed by atoms with van der Waals surface area (Å²) in [5.74, 6) is -0.316. The number of hydrogen-bond donors (Lipinski definition) is 1. The first-order valence-corrected chi connectivity index (χ1v) is 7.14. The van der Waals surface area contributed by atoms with Crippen molar-refractivity contribution in [1.82, 2.24) is 5.32 Å². The van der Waals surface area contributed by atoms with Gasteiger partial charge < -0.3 is 4.74 Å². The molecule has 0 aliphatic carbocycles. The van der Waals surface area contributed by atoms with E-state index in [1.54, 1.807) is 0 Å². The van der Waals surface area contributed by atoms with Crippen LogP contribution in [-0.2, 0) is 16.1 Å². The lowest BCUT2D eigenvalue weighted by molar-refractivity contribution is -0.148. The molecule has 0 aromatic heterocycles. The van der Waals surface area contributed by atoms with Crippen LogP contribution in [0.15, 0.2) is 48.5 Å². The van der Waals surface area contributed by atoms with Crippen LogP contribution >= 0.6 is 11.6 Å². The molecule has 2 aromatic rings. The second-order valence-electron chi connectivity index (χ2n) is 4.85. The van der Waals surface area contributed by atoms with Gasteiger partial charge in [0.25, 0.3) is 0 Å². The van der Waals surface area contributed by atoms with E-state index < -0.39 is 6.23 Å². The van der Waals surface area contributed by atoms with E-state index in [0.29, 0.717) is 6.54 Å². The van der Waals surface area contributed by atoms with Crippen molar-refractivity contribution in [3.05, 3.63) is 70.2 Å². The van der Waals surface area contributed by atoms with Crippen molar-refractivity contribution in [3.63, 3.8) is 0 Å². The summed E-state index contributed by atoms with van der Waals surface area (Å²) in [4.78, 5) is 11.3. The highest BCUT2D eigenvalue weighted by Gasteiger charge is 2.14. The lowest BCUT2D eigenvalue weighted by Crippen LogP contribution is -2.25. The molecule has 0 aliphatic rings. The van der Waals surface area contributed by atoms with Gasteiger partial charge in [0.05, 0.1) is 0 Å². The summed E-state index contributed by atoms with van der Waals surface area (Å²) in [6, 6.07) is 15.4. The first-order chi connectivity index (χ1) is 10.1. The van der Waals surface area contributed by atoms with E-state index in [-0.39, 0.29) is 5.97 Å². The normalized spacial score (nSPS) is 12.0. The van der Waals surface area contributed by atoms with E-state index in [4.69, 9.17) is 16.3 Å². The number of carbonyl (C=O) groups is 1. The highest BCUT2D eigenvalue weighted by atomic mass is 35.5. The van der Waals surface area contributed by atoms with Gasteiger partial charge in [0.1, 0.15) is 0 Å². The molecule has 21 heavy (non-hydrogen) atoms. The topological polar surface area (TPSA) is 38.3 Å². The molecule has 1 atom stereocenters. The maximum absolute atomic E-state index is 11.3. The first kappa shape index (κ1) is 15.5. The molecule has 2 aromatic carbocycles. The average Bonchev–Trinajstić information content (AvgIpc) is 2.45. The number of halogens is 1. The Balaban J connectivity index is 2.10. The first-order valence-electron chi connectivity index (χ1n) is 6.77. The Hall–Kier alpha value is -1.84. The van der Waals surface area contributed by atoms with Crippen molar-refractivity contribution in [2.45, 2.75) is 26.6 Å². The van der Waals surface area contributed by atoms with Gasteiger partial charge in [0, 0.05) is 24.1 Å². The van der Waals surface area contributed by atoms with Crippen LogP contribution in [0.3, 0.4) is 0 Å². The molecule has 0 bridgehead atoms. The second-order valence-corrected chi connectivity index (χ2v) is 5.29. The van der Waals surface area contributed by atoms with E-state index in [2.05, 4.69) is 5.32 Å². The minimum absolute atomic E-state index is 0.316. The maximum Gasteiger partial charge on any atom is 0.304 e. The van der Waals surface area contributed by atoms with Crippen LogP contribution < -0.4 is 5.32 Å². The molecule has 0 saturated carbocycles. The third-order valence-electron chi connectivity index (χ3n) is 3.17. The zero-order valence-electron chi connectivity index (χ0n) is 12.1. The molecule has 0 aliphatic heterocycles. The van der Waals surface area contributed by atoms with Crippen molar-refractivity contribution < 1.29 is 9.53 Å². The summed E-state index contributed by atoms with van der Waals surface area (Å²) in [6.45, 7) is 4.01. The molecule has 3 nitrogen and oxygen atoms in total. The fraction of sp³-hybridized carbons (Fsp3) is 0.235. The molecule has 0 saturated heterocycles. The van der Waals surface area contributed by atoms with Gasteiger partial charge >= 0.3 is 5.97 Å². The highest BCUT2D eigenvalue weighted by molar-refractivity contribution is 6.30. The molecule has 110 valence electrons. The Morgan fingerprint density at radius 2 is 1.95 bits per heavy atom. The van der Waals surface area contributed by atoms with Gasteiger partial charge in [0.2, 0.25) is 0 Å². The van der Waals surface area contributed by atoms with Gasteiger partial charge in [-0.05, 0) is 30.2 Å². The number of aryl methyl sites for hydroxylation is 1. The number of carbonyl (C=O) groups excluding carboxylic acids is 1. The molecule has 0 heterocycles. The summed E-state index contributed by atoms with van der Waals surface area (Å²) in [7, 11) is 0. The van der Waals surface area contributed by atoms with Gasteiger partial charge in [-0.15, -0.1) is 0 Å². The SMILES string of the molecule is CC(=O)OC(NCc1ccc(Cl)cc1C)c1ccccc1. The zero-order valence-corrected chi connectivity index (χ0v) is 12.9. The van der Waals surface area contributed by atoms with Crippen molar-refractivity contribution in [2.75, 3.05) is 0 Å². The molecular weight excluding hydrogens is 286 g/mol. The molecular formula is C17H18ClNO2. The Morgan fingerprint density at radius 1 is 1.24 bits per heavy atom. The molecule has 1 unspecified atom stereocenters. The summed E-state index contributed by atoms with van der Waals surface area (Å²) in [6.07, 6.45) is -0.459. The Bertz CT molecular complexity index is 613. The fourth-order valence-electron chi connectivity index (χ4n) is 2.08. The van der Waals surface area contributed by atoms with E-state index >= 15 is 0 Å². The van der Waals surface area contributed by atoms with Crippen molar-refractivity contribution >= 4 is 17.6 Å². The van der Waals surface area contributed by atoms with Gasteiger partial charge in [-0.3, -0.25) is 10.1 Å². The molecule has 0 spiro atoms. The third-order valence-corrected chi connectivity index (χ3v) is 3.40. The number of hydrogen-bond acceptors (Lipinski definition) is 3. The molecule has 0 fully saturated rings. The third kappa shape index (κ3) is 4.59. The van der Waals surface area contributed by atoms with E-state index in [9.17, 15) is 4.79 Å². The largest absolute Gasteiger partial charge is 0.442 e. The van der Waals surface area contributed by atoms with Gasteiger partial charge in [-0.1, -0.05) is 48.0 Å². The standard InChI is InChI=1S/C17H18ClNO2/c1-12-10-16(18)9-8-15(12)11-19-17(21-13(2)20)14-6-4-3-5-7-14/h3-10,17,19H,11H2,1-2H3. The van der Waals surface area contributed by atoms with E-state index in [1.807, 2.05) is 55.5 Å². The van der Waals surface area contributed by atoms with Gasteiger partial charge in [-0.2, -0.15) is 0 Å². The summed E-state index contributed by atoms with van der Waals surface area (Å²) >= 11 is 5.95. The minimum atomic E-state index is -0.459. The van der Waals surface area contributed by atoms with Crippen molar-refractivity contribution in [2.24, 2.45) is 0 Å². The lowest BCUT2D eigenvalue weighted by atomic mass is 10.1. The smallest absolute Gasteiger partial charge is 0.304 e. The van der Waals surface area contributed by atoms with Crippen LogP contribution in [0.4, 0.5) is 0 Å². The van der Waals surface area contributed by atoms with Crippen LogP contribution in [0.2, 0.25) is 5.02 Å². The number of benzene rings is 2. The van der Waals surface area contributed by atoms with E-state index in [0.717, 1.165) is 21.7 Å². The monoisotopic (exact) mass is 303 g/mol. The highest BCUT2D eigenvalue weighted by Crippen LogP contribution is 2.18. The Morgan fingerprint density at radius 3 is 2.57 bits per heavy atom. The maximum atomic E-state index is 11.3. The zero-order chi connectivity index (χ0) is 15.2. The number of nitrogens with one attached hydrogen (secondary N) is 1.